The summed E-state index contributed by atoms with van der Waals surface area (Å²) in [7, 11) is 0. The molecular formula is C19H15ClN4O. The molecule has 3 aromatic rings. The van der Waals surface area contributed by atoms with Crippen molar-refractivity contribution < 1.29 is 4.79 Å². The SMILES string of the molecule is Cc1c[nH]c2c(Nc3cccc(Cl)c3)ncc(C(=O)NC3=CC=C3)c12. The fourth-order valence-corrected chi connectivity index (χ4v) is 2.95. The molecule has 0 aliphatic heterocycles. The number of aryl methyl sites for hydroxylation is 1. The van der Waals surface area contributed by atoms with Gasteiger partial charge < -0.3 is 15.6 Å². The number of hydrogen-bond donors (Lipinski definition) is 3. The Balaban J connectivity index is 1.73. The standard InChI is InChI=1S/C19H15ClN4O/c1-11-9-21-17-16(11)15(19(25)24-13-5-3-6-13)10-22-18(17)23-14-7-2-4-12(20)8-14/h2-10,21H,1H3,(H,22,23)(H,24,25). The summed E-state index contributed by atoms with van der Waals surface area (Å²) in [6, 6.07) is 7.40. The molecule has 6 heteroatoms. The average Bonchev–Trinajstić information content (AvgIpc) is 2.94. The highest BCUT2D eigenvalue weighted by Crippen LogP contribution is 2.29. The maximum atomic E-state index is 12.5. The molecule has 0 fully saturated rings. The van der Waals surface area contributed by atoms with Crippen molar-refractivity contribution in [1.29, 1.82) is 0 Å². The number of pyridine rings is 1. The minimum atomic E-state index is -0.176. The van der Waals surface area contributed by atoms with Crippen LogP contribution in [0.15, 0.2) is 60.6 Å². The Hall–Kier alpha value is -3.05. The number of allylic oxidation sites excluding steroid dienone is 3. The van der Waals surface area contributed by atoms with Gasteiger partial charge in [-0.05, 0) is 42.8 Å². The molecule has 1 aliphatic carbocycles. The molecule has 0 saturated carbocycles. The van der Waals surface area contributed by atoms with Gasteiger partial charge in [0.15, 0.2) is 5.82 Å². The molecule has 1 aliphatic rings. The third-order valence-electron chi connectivity index (χ3n) is 4.05. The van der Waals surface area contributed by atoms with Crippen LogP contribution in [0.5, 0.6) is 0 Å². The highest BCUT2D eigenvalue weighted by Gasteiger charge is 2.18. The van der Waals surface area contributed by atoms with E-state index in [-0.39, 0.29) is 5.91 Å². The number of fused-ring (bicyclic) bond motifs is 1. The van der Waals surface area contributed by atoms with Gasteiger partial charge in [0.25, 0.3) is 5.91 Å². The van der Waals surface area contributed by atoms with Crippen molar-refractivity contribution in [3.8, 4) is 0 Å². The number of H-pyrrole nitrogens is 1. The molecule has 0 bridgehead atoms. The number of carbonyl (C=O) groups is 1. The van der Waals surface area contributed by atoms with Crippen LogP contribution in [0.2, 0.25) is 5.02 Å². The van der Waals surface area contributed by atoms with Crippen molar-refractivity contribution in [3.05, 3.63) is 76.7 Å². The molecule has 0 radical (unpaired) electrons. The Morgan fingerprint density at radius 1 is 1.32 bits per heavy atom. The normalized spacial score (nSPS) is 12.6. The lowest BCUT2D eigenvalue weighted by Gasteiger charge is -2.12. The summed E-state index contributed by atoms with van der Waals surface area (Å²) < 4.78 is 0. The summed E-state index contributed by atoms with van der Waals surface area (Å²) in [6.45, 7) is 1.96. The Bertz CT molecular complexity index is 1050. The van der Waals surface area contributed by atoms with E-state index in [0.29, 0.717) is 16.4 Å². The third kappa shape index (κ3) is 2.90. The highest BCUT2D eigenvalue weighted by molar-refractivity contribution is 6.30. The van der Waals surface area contributed by atoms with Crippen LogP contribution in [0.1, 0.15) is 15.9 Å². The lowest BCUT2D eigenvalue weighted by atomic mass is 10.1. The molecule has 2 heterocycles. The van der Waals surface area contributed by atoms with E-state index in [2.05, 4.69) is 20.6 Å². The smallest absolute Gasteiger partial charge is 0.257 e. The predicted molar refractivity (Wildman–Crippen MR) is 100 cm³/mol. The van der Waals surface area contributed by atoms with E-state index in [1.807, 2.05) is 55.6 Å². The number of aromatic nitrogens is 2. The van der Waals surface area contributed by atoms with E-state index < -0.39 is 0 Å². The molecule has 1 amide bonds. The molecule has 0 unspecified atom stereocenters. The van der Waals surface area contributed by atoms with Gasteiger partial charge in [-0.2, -0.15) is 0 Å². The van der Waals surface area contributed by atoms with E-state index in [1.54, 1.807) is 6.20 Å². The van der Waals surface area contributed by atoms with Crippen LogP contribution >= 0.6 is 11.6 Å². The monoisotopic (exact) mass is 350 g/mol. The van der Waals surface area contributed by atoms with E-state index in [1.165, 1.54) is 0 Å². The van der Waals surface area contributed by atoms with E-state index in [0.717, 1.165) is 27.9 Å². The Morgan fingerprint density at radius 2 is 2.16 bits per heavy atom. The van der Waals surface area contributed by atoms with Gasteiger partial charge in [-0.15, -0.1) is 0 Å². The zero-order chi connectivity index (χ0) is 17.4. The van der Waals surface area contributed by atoms with Crippen LogP contribution in [0.25, 0.3) is 10.9 Å². The van der Waals surface area contributed by atoms with E-state index in [9.17, 15) is 4.79 Å². The van der Waals surface area contributed by atoms with Crippen molar-refractivity contribution >= 4 is 39.9 Å². The molecule has 25 heavy (non-hydrogen) atoms. The predicted octanol–water partition coefficient (Wildman–Crippen LogP) is 4.45. The quantitative estimate of drug-likeness (QED) is 0.651. The number of halogens is 1. The molecule has 0 spiro atoms. The molecule has 1 aromatic carbocycles. The zero-order valence-electron chi connectivity index (χ0n) is 13.4. The molecule has 2 aromatic heterocycles. The molecule has 0 saturated heterocycles. The molecule has 0 atom stereocenters. The number of hydrogen-bond acceptors (Lipinski definition) is 3. The fourth-order valence-electron chi connectivity index (χ4n) is 2.76. The van der Waals surface area contributed by atoms with Gasteiger partial charge in [0.2, 0.25) is 0 Å². The van der Waals surface area contributed by atoms with Gasteiger partial charge in [0.05, 0.1) is 11.1 Å². The summed E-state index contributed by atoms with van der Waals surface area (Å²) in [5.41, 5.74) is 3.92. The zero-order valence-corrected chi connectivity index (χ0v) is 14.2. The molecule has 4 rings (SSSR count). The van der Waals surface area contributed by atoms with E-state index in [4.69, 9.17) is 11.6 Å². The second-order valence-electron chi connectivity index (χ2n) is 5.81. The van der Waals surface area contributed by atoms with Gasteiger partial charge >= 0.3 is 0 Å². The van der Waals surface area contributed by atoms with Gasteiger partial charge in [-0.1, -0.05) is 23.7 Å². The Kier molecular flexibility index (Phi) is 3.78. The number of nitrogens with one attached hydrogen (secondary N) is 3. The first kappa shape index (κ1) is 15.5. The van der Waals surface area contributed by atoms with Crippen LogP contribution in [-0.4, -0.2) is 15.9 Å². The summed E-state index contributed by atoms with van der Waals surface area (Å²) in [5.74, 6) is 0.467. The van der Waals surface area contributed by atoms with Gasteiger partial charge in [0, 0.05) is 34.2 Å². The first-order chi connectivity index (χ1) is 12.1. The van der Waals surface area contributed by atoms with Crippen molar-refractivity contribution in [2.24, 2.45) is 0 Å². The second kappa shape index (κ2) is 6.11. The highest BCUT2D eigenvalue weighted by atomic mass is 35.5. The van der Waals surface area contributed by atoms with Crippen LogP contribution < -0.4 is 10.6 Å². The minimum Gasteiger partial charge on any atom is -0.358 e. The van der Waals surface area contributed by atoms with Gasteiger partial charge in [-0.25, -0.2) is 4.98 Å². The topological polar surface area (TPSA) is 69.8 Å². The third-order valence-corrected chi connectivity index (χ3v) is 4.28. The molecule has 5 nitrogen and oxygen atoms in total. The fraction of sp³-hybridized carbons (Fsp3) is 0.0526. The summed E-state index contributed by atoms with van der Waals surface area (Å²) >= 11 is 6.04. The van der Waals surface area contributed by atoms with Crippen molar-refractivity contribution in [3.63, 3.8) is 0 Å². The van der Waals surface area contributed by atoms with Crippen LogP contribution in [-0.2, 0) is 0 Å². The van der Waals surface area contributed by atoms with Crippen molar-refractivity contribution in [1.82, 2.24) is 15.3 Å². The lowest BCUT2D eigenvalue weighted by Crippen LogP contribution is -2.23. The first-order valence-corrected chi connectivity index (χ1v) is 8.18. The number of rotatable bonds is 4. The first-order valence-electron chi connectivity index (χ1n) is 7.81. The van der Waals surface area contributed by atoms with Gasteiger partial charge in [0.1, 0.15) is 0 Å². The second-order valence-corrected chi connectivity index (χ2v) is 6.25. The number of amides is 1. The summed E-state index contributed by atoms with van der Waals surface area (Å²) in [6.07, 6.45) is 9.04. The lowest BCUT2D eigenvalue weighted by molar-refractivity contribution is 0.0968. The molecular weight excluding hydrogens is 336 g/mol. The average molecular weight is 351 g/mol. The summed E-state index contributed by atoms with van der Waals surface area (Å²) in [4.78, 5) is 20.2. The molecule has 3 N–H and O–H groups in total. The number of aromatic amines is 1. The number of benzene rings is 1. The Labute approximate surface area is 149 Å². The van der Waals surface area contributed by atoms with E-state index >= 15 is 0 Å². The van der Waals surface area contributed by atoms with Crippen molar-refractivity contribution in [2.45, 2.75) is 6.92 Å². The molecule has 124 valence electrons. The number of nitrogens with zero attached hydrogens (tertiary/aromatic N) is 1. The maximum absolute atomic E-state index is 12.5. The largest absolute Gasteiger partial charge is 0.358 e. The van der Waals surface area contributed by atoms with Crippen LogP contribution in [0.3, 0.4) is 0 Å². The summed E-state index contributed by atoms with van der Waals surface area (Å²) in [5, 5.41) is 7.60. The maximum Gasteiger partial charge on any atom is 0.257 e. The number of anilines is 2. The number of carbonyl (C=O) groups excluding carboxylic acids is 1. The van der Waals surface area contributed by atoms with Crippen LogP contribution in [0, 0.1) is 6.92 Å². The minimum absolute atomic E-state index is 0.176. The van der Waals surface area contributed by atoms with Gasteiger partial charge in [-0.3, -0.25) is 4.79 Å². The van der Waals surface area contributed by atoms with Crippen molar-refractivity contribution in [2.75, 3.05) is 5.32 Å². The Morgan fingerprint density at radius 3 is 2.88 bits per heavy atom. The van der Waals surface area contributed by atoms with Crippen LogP contribution in [0.4, 0.5) is 11.5 Å².